The molecule has 2 aromatic heterocycles. The summed E-state index contributed by atoms with van der Waals surface area (Å²) in [5.74, 6) is 1.92. The number of furan rings is 1. The number of nitrogens with zero attached hydrogens (tertiary/aromatic N) is 2. The minimum absolute atomic E-state index is 0.272. The van der Waals surface area contributed by atoms with Crippen LogP contribution in [0.5, 0.6) is 0 Å². The Hall–Kier alpha value is -1.55. The van der Waals surface area contributed by atoms with Crippen LogP contribution in [0.1, 0.15) is 35.7 Å². The molecular weight excluding hydrogens is 214 g/mol. The summed E-state index contributed by atoms with van der Waals surface area (Å²) in [6.45, 7) is 6.92. The molecule has 1 atom stereocenters. The van der Waals surface area contributed by atoms with Crippen LogP contribution in [0.15, 0.2) is 22.7 Å². The van der Waals surface area contributed by atoms with Gasteiger partial charge < -0.3 is 9.73 Å². The first-order valence-corrected chi connectivity index (χ1v) is 5.85. The summed E-state index contributed by atoms with van der Waals surface area (Å²) < 4.78 is 7.42. The van der Waals surface area contributed by atoms with Crippen molar-refractivity contribution in [1.82, 2.24) is 15.1 Å². The Morgan fingerprint density at radius 2 is 2.18 bits per heavy atom. The molecular formula is C13H19N3O. The Bertz CT molecular complexity index is 498. The van der Waals surface area contributed by atoms with E-state index in [0.29, 0.717) is 0 Å². The van der Waals surface area contributed by atoms with Crippen molar-refractivity contribution >= 4 is 0 Å². The molecule has 2 rings (SSSR count). The van der Waals surface area contributed by atoms with E-state index in [2.05, 4.69) is 24.3 Å². The summed E-state index contributed by atoms with van der Waals surface area (Å²) >= 11 is 0. The summed E-state index contributed by atoms with van der Waals surface area (Å²) in [5, 5.41) is 7.69. The third-order valence-electron chi connectivity index (χ3n) is 3.12. The van der Waals surface area contributed by atoms with Crippen LogP contribution in [0.3, 0.4) is 0 Å². The molecule has 0 fully saturated rings. The quantitative estimate of drug-likeness (QED) is 0.882. The predicted molar refractivity (Wildman–Crippen MR) is 66.6 cm³/mol. The predicted octanol–water partition coefficient (Wildman–Crippen LogP) is 2.48. The molecule has 0 aliphatic carbocycles. The van der Waals surface area contributed by atoms with Crippen molar-refractivity contribution in [2.75, 3.05) is 0 Å². The number of hydrogen-bond acceptors (Lipinski definition) is 3. The molecule has 0 amide bonds. The topological polar surface area (TPSA) is 43.0 Å². The molecule has 4 nitrogen and oxygen atoms in total. The highest BCUT2D eigenvalue weighted by molar-refractivity contribution is 5.19. The first-order valence-electron chi connectivity index (χ1n) is 5.85. The van der Waals surface area contributed by atoms with E-state index in [9.17, 15) is 0 Å². The van der Waals surface area contributed by atoms with Crippen LogP contribution in [0.4, 0.5) is 0 Å². The van der Waals surface area contributed by atoms with Crippen molar-refractivity contribution in [2.24, 2.45) is 7.05 Å². The van der Waals surface area contributed by atoms with Crippen LogP contribution in [0, 0.1) is 13.8 Å². The molecule has 1 N–H and O–H groups in total. The fourth-order valence-electron chi connectivity index (χ4n) is 1.88. The second-order valence-electron chi connectivity index (χ2n) is 4.42. The van der Waals surface area contributed by atoms with Crippen molar-refractivity contribution < 1.29 is 4.42 Å². The van der Waals surface area contributed by atoms with Crippen LogP contribution < -0.4 is 5.32 Å². The fourth-order valence-corrected chi connectivity index (χ4v) is 1.88. The zero-order valence-electron chi connectivity index (χ0n) is 10.8. The monoisotopic (exact) mass is 233 g/mol. The molecule has 0 saturated heterocycles. The molecule has 0 aliphatic heterocycles. The zero-order chi connectivity index (χ0) is 12.4. The molecule has 0 bridgehead atoms. The van der Waals surface area contributed by atoms with E-state index < -0.39 is 0 Å². The van der Waals surface area contributed by atoms with Gasteiger partial charge in [0.2, 0.25) is 0 Å². The second kappa shape index (κ2) is 4.75. The van der Waals surface area contributed by atoms with Gasteiger partial charge in [0, 0.05) is 24.3 Å². The first kappa shape index (κ1) is 11.9. The van der Waals surface area contributed by atoms with E-state index in [4.69, 9.17) is 4.42 Å². The van der Waals surface area contributed by atoms with Crippen LogP contribution >= 0.6 is 0 Å². The van der Waals surface area contributed by atoms with Crippen LogP contribution in [-0.2, 0) is 13.6 Å². The maximum atomic E-state index is 5.52. The van der Waals surface area contributed by atoms with Gasteiger partial charge in [0.15, 0.2) is 0 Å². The standard InChI is InChI=1S/C13H19N3O/c1-9-5-6-12(17-9)7-14-10(2)13-8-15-16(4)11(13)3/h5-6,8,10,14H,7H2,1-4H3. The van der Waals surface area contributed by atoms with Gasteiger partial charge in [-0.15, -0.1) is 0 Å². The SMILES string of the molecule is Cc1ccc(CNC(C)c2cnn(C)c2C)o1. The minimum atomic E-state index is 0.272. The number of aromatic nitrogens is 2. The van der Waals surface area contributed by atoms with Gasteiger partial charge in [0.05, 0.1) is 12.7 Å². The highest BCUT2D eigenvalue weighted by atomic mass is 16.3. The molecule has 2 heterocycles. The van der Waals surface area contributed by atoms with Gasteiger partial charge >= 0.3 is 0 Å². The smallest absolute Gasteiger partial charge is 0.117 e. The maximum Gasteiger partial charge on any atom is 0.117 e. The van der Waals surface area contributed by atoms with Crippen LogP contribution in [-0.4, -0.2) is 9.78 Å². The molecule has 2 aromatic rings. The van der Waals surface area contributed by atoms with Crippen molar-refractivity contribution in [3.63, 3.8) is 0 Å². The lowest BCUT2D eigenvalue weighted by Gasteiger charge is -2.12. The number of nitrogens with one attached hydrogen (secondary N) is 1. The zero-order valence-corrected chi connectivity index (χ0v) is 10.8. The molecule has 0 aromatic carbocycles. The van der Waals surface area contributed by atoms with Gasteiger partial charge in [-0.3, -0.25) is 4.68 Å². The lowest BCUT2D eigenvalue weighted by Crippen LogP contribution is -2.18. The Morgan fingerprint density at radius 3 is 2.71 bits per heavy atom. The van der Waals surface area contributed by atoms with E-state index >= 15 is 0 Å². The Labute approximate surface area is 102 Å². The summed E-state index contributed by atoms with van der Waals surface area (Å²) in [4.78, 5) is 0. The highest BCUT2D eigenvalue weighted by Gasteiger charge is 2.11. The Morgan fingerprint density at radius 1 is 1.41 bits per heavy atom. The molecule has 17 heavy (non-hydrogen) atoms. The van der Waals surface area contributed by atoms with E-state index in [1.54, 1.807) is 0 Å². The molecule has 4 heteroatoms. The Balaban J connectivity index is 1.98. The summed E-state index contributed by atoms with van der Waals surface area (Å²) in [5.41, 5.74) is 2.43. The highest BCUT2D eigenvalue weighted by Crippen LogP contribution is 2.17. The normalized spacial score (nSPS) is 12.9. The van der Waals surface area contributed by atoms with Crippen LogP contribution in [0.25, 0.3) is 0 Å². The Kier molecular flexibility index (Phi) is 3.33. The van der Waals surface area contributed by atoms with Gasteiger partial charge in [-0.1, -0.05) is 0 Å². The average Bonchev–Trinajstić information content (AvgIpc) is 2.84. The molecule has 92 valence electrons. The summed E-state index contributed by atoms with van der Waals surface area (Å²) in [6.07, 6.45) is 1.92. The average molecular weight is 233 g/mol. The molecule has 0 radical (unpaired) electrons. The van der Waals surface area contributed by atoms with Crippen LogP contribution in [0.2, 0.25) is 0 Å². The van der Waals surface area contributed by atoms with Gasteiger partial charge in [0.1, 0.15) is 11.5 Å². The van der Waals surface area contributed by atoms with E-state index in [1.165, 1.54) is 11.3 Å². The van der Waals surface area contributed by atoms with E-state index in [0.717, 1.165) is 18.1 Å². The lowest BCUT2D eigenvalue weighted by atomic mass is 10.1. The van der Waals surface area contributed by atoms with E-state index in [-0.39, 0.29) is 6.04 Å². The van der Waals surface area contributed by atoms with E-state index in [1.807, 2.05) is 37.0 Å². The lowest BCUT2D eigenvalue weighted by molar-refractivity contribution is 0.443. The largest absolute Gasteiger partial charge is 0.465 e. The molecule has 0 spiro atoms. The second-order valence-corrected chi connectivity index (χ2v) is 4.42. The molecule has 0 saturated carbocycles. The van der Waals surface area contributed by atoms with Crippen molar-refractivity contribution in [3.05, 3.63) is 41.1 Å². The van der Waals surface area contributed by atoms with Gasteiger partial charge in [0.25, 0.3) is 0 Å². The summed E-state index contributed by atoms with van der Waals surface area (Å²) in [6, 6.07) is 4.26. The minimum Gasteiger partial charge on any atom is -0.465 e. The van der Waals surface area contributed by atoms with Gasteiger partial charge in [-0.25, -0.2) is 0 Å². The molecule has 1 unspecified atom stereocenters. The number of rotatable bonds is 4. The van der Waals surface area contributed by atoms with Crippen molar-refractivity contribution in [2.45, 2.75) is 33.4 Å². The van der Waals surface area contributed by atoms with Crippen molar-refractivity contribution in [1.29, 1.82) is 0 Å². The summed E-state index contributed by atoms with van der Waals surface area (Å²) in [7, 11) is 1.96. The number of aryl methyl sites for hydroxylation is 2. The third-order valence-corrected chi connectivity index (χ3v) is 3.12. The van der Waals surface area contributed by atoms with Gasteiger partial charge in [-0.05, 0) is 32.9 Å². The third kappa shape index (κ3) is 2.58. The molecule has 0 aliphatic rings. The van der Waals surface area contributed by atoms with Crippen molar-refractivity contribution in [3.8, 4) is 0 Å². The first-order chi connectivity index (χ1) is 8.08. The fraction of sp³-hybridized carbons (Fsp3) is 0.462. The maximum absolute atomic E-state index is 5.52. The van der Waals surface area contributed by atoms with Gasteiger partial charge in [-0.2, -0.15) is 5.10 Å². The number of hydrogen-bond donors (Lipinski definition) is 1.